The number of carbonyl (C=O) groups is 1. The molecule has 0 aromatic heterocycles. The highest BCUT2D eigenvalue weighted by Gasteiger charge is 2.41. The van der Waals surface area contributed by atoms with Gasteiger partial charge < -0.3 is 64.9 Å². The first kappa shape index (κ1) is 70.7. The van der Waals surface area contributed by atoms with Crippen LogP contribution in [-0.4, -0.2) is 152 Å². The molecule has 14 heteroatoms. The number of hydrogen-bond donors (Lipinski definition) is 9. The van der Waals surface area contributed by atoms with E-state index in [9.17, 15) is 50.8 Å². The molecule has 476 valence electrons. The Morgan fingerprint density at radius 3 is 1.36 bits per heavy atom. The third-order valence-electron chi connectivity index (χ3n) is 21.1. The van der Waals surface area contributed by atoms with Gasteiger partial charge in [-0.2, -0.15) is 0 Å². The summed E-state index contributed by atoms with van der Waals surface area (Å²) in [6.07, 6.45) is 38.7. The van der Waals surface area contributed by atoms with E-state index in [0.717, 1.165) is 129 Å². The Bertz CT molecular complexity index is 1580. The fourth-order valence-electron chi connectivity index (χ4n) is 16.2. The molecule has 9 aliphatic carbocycles. The third kappa shape index (κ3) is 24.2. The molecule has 14 nitrogen and oxygen atoms in total. The lowest BCUT2D eigenvalue weighted by Crippen LogP contribution is -2.44. The molecule has 81 heavy (non-hydrogen) atoms. The van der Waals surface area contributed by atoms with Crippen LogP contribution in [0.4, 0.5) is 0 Å². The van der Waals surface area contributed by atoms with E-state index in [1.54, 1.807) is 14.0 Å². The van der Waals surface area contributed by atoms with Gasteiger partial charge in [0.05, 0.1) is 85.8 Å². The lowest BCUT2D eigenvalue weighted by Gasteiger charge is -2.41. The lowest BCUT2D eigenvalue weighted by molar-refractivity contribution is -0.153. The van der Waals surface area contributed by atoms with E-state index in [4.69, 9.17) is 18.9 Å². The summed E-state index contributed by atoms with van der Waals surface area (Å²) in [5.41, 5.74) is 0. The molecule has 0 amide bonds. The quantitative estimate of drug-likeness (QED) is 0.0654. The number of methoxy groups -OCH3 is 1. The third-order valence-corrected chi connectivity index (χ3v) is 21.1. The van der Waals surface area contributed by atoms with Crippen molar-refractivity contribution in [3.8, 4) is 0 Å². The molecule has 0 spiro atoms. The first-order chi connectivity index (χ1) is 39.2. The Balaban J connectivity index is 0.000000187. The summed E-state index contributed by atoms with van der Waals surface area (Å²) in [6, 6.07) is 0. The molecular weight excluding hydrogens is 1030 g/mol. The highest BCUT2D eigenvalue weighted by molar-refractivity contribution is 5.73. The Kier molecular flexibility index (Phi) is 34.7. The molecule has 0 aromatic carbocycles. The van der Waals surface area contributed by atoms with Crippen LogP contribution >= 0.6 is 0 Å². The predicted molar refractivity (Wildman–Crippen MR) is 319 cm³/mol. The Hall–Kier alpha value is -1.01. The predicted octanol–water partition coefficient (Wildman–Crippen LogP) is 11.1. The van der Waals surface area contributed by atoms with Crippen LogP contribution in [0.2, 0.25) is 0 Å². The van der Waals surface area contributed by atoms with Gasteiger partial charge in [0.1, 0.15) is 0 Å². The summed E-state index contributed by atoms with van der Waals surface area (Å²) >= 11 is 0. The molecule has 0 saturated heterocycles. The lowest BCUT2D eigenvalue weighted by atomic mass is 9.73. The normalized spacial score (nSPS) is 35.5. The van der Waals surface area contributed by atoms with Crippen LogP contribution in [0.15, 0.2) is 0 Å². The largest absolute Gasteiger partial charge is 0.466 e. The smallest absolute Gasteiger partial charge is 0.311 e. The number of rotatable bonds is 16. The van der Waals surface area contributed by atoms with E-state index < -0.39 is 6.10 Å². The van der Waals surface area contributed by atoms with Crippen molar-refractivity contribution < 1.29 is 69.7 Å². The van der Waals surface area contributed by atoms with E-state index in [0.29, 0.717) is 62.1 Å². The fourth-order valence-corrected chi connectivity index (χ4v) is 16.2. The SMILES string of the molecule is CCCOC(C1CCCCC1)C1CCC(O)CC1O.CCOC(=O)C1CCCCC1O.CCOC1CCC(C(O)C2CCCCC2)C(O)C1.COC1CC(O)CCC1C(O)C1CCCCC1.OC1CCC(C(O)C2CCCCC2)CC1. The summed E-state index contributed by atoms with van der Waals surface area (Å²) in [5, 5.41) is 90.1. The Labute approximate surface area is 492 Å². The van der Waals surface area contributed by atoms with Crippen molar-refractivity contribution in [2.75, 3.05) is 26.9 Å². The number of esters is 1. The summed E-state index contributed by atoms with van der Waals surface area (Å²) in [7, 11) is 1.70. The maximum Gasteiger partial charge on any atom is 0.311 e. The van der Waals surface area contributed by atoms with Gasteiger partial charge >= 0.3 is 5.97 Å². The van der Waals surface area contributed by atoms with Gasteiger partial charge in [0.15, 0.2) is 0 Å². The number of aliphatic hydroxyl groups excluding tert-OH is 9. The first-order valence-corrected chi connectivity index (χ1v) is 34.2. The van der Waals surface area contributed by atoms with Gasteiger partial charge in [-0.05, 0) is 198 Å². The molecule has 0 heterocycles. The Morgan fingerprint density at radius 1 is 0.420 bits per heavy atom. The van der Waals surface area contributed by atoms with Crippen LogP contribution in [0.25, 0.3) is 0 Å². The molecule has 9 aliphatic rings. The minimum atomic E-state index is -0.474. The van der Waals surface area contributed by atoms with Crippen molar-refractivity contribution in [3.63, 3.8) is 0 Å². The average Bonchev–Trinajstić information content (AvgIpc) is 3.52. The average molecular weight is 1150 g/mol. The zero-order valence-electron chi connectivity index (χ0n) is 51.7. The number of hydrogen-bond acceptors (Lipinski definition) is 14. The van der Waals surface area contributed by atoms with Crippen molar-refractivity contribution in [2.45, 2.75) is 338 Å². The molecule has 9 saturated carbocycles. The van der Waals surface area contributed by atoms with Crippen molar-refractivity contribution in [3.05, 3.63) is 0 Å². The van der Waals surface area contributed by atoms with E-state index in [1.807, 2.05) is 6.92 Å². The highest BCUT2D eigenvalue weighted by Crippen LogP contribution is 2.41. The fraction of sp³-hybridized carbons (Fsp3) is 0.985. The topological polar surface area (TPSA) is 236 Å². The molecule has 0 aromatic rings. The number of aliphatic hydroxyl groups is 9. The molecular formula is C67H124O14. The van der Waals surface area contributed by atoms with Gasteiger partial charge in [0, 0.05) is 38.1 Å². The van der Waals surface area contributed by atoms with E-state index in [1.165, 1.54) is 103 Å². The molecule has 0 bridgehead atoms. The zero-order valence-corrected chi connectivity index (χ0v) is 51.7. The summed E-state index contributed by atoms with van der Waals surface area (Å²) < 4.78 is 22.0. The number of carbonyl (C=O) groups excluding carboxylic acids is 1. The standard InChI is InChI=1S/C16H30O3.C15H28O3.C14H26O3.C13H24O2.C9H16O3/c1-2-10-19-16(12-6-4-3-5-7-12)14-9-8-13(17)11-15(14)18;1-2-18-12-8-9-13(14(16)10-12)15(17)11-6-4-3-5-7-11;1-17-13-9-11(15)7-8-12(13)14(16)10-5-3-2-4-6-10;14-12-8-6-11(7-9-12)13(15)10-4-2-1-3-5-10;1-2-12-9(11)7-5-3-4-6-8(7)10/h12-18H,2-11H2,1H3;11-17H,2-10H2,1H3;10-16H,2-9H2,1H3;10-15H,1-9H2;7-8,10H,2-6H2,1H3. The van der Waals surface area contributed by atoms with E-state index in [2.05, 4.69) is 6.92 Å². The molecule has 15 atom stereocenters. The first-order valence-electron chi connectivity index (χ1n) is 34.2. The summed E-state index contributed by atoms with van der Waals surface area (Å²) in [5.74, 6) is 2.56. The molecule has 0 aliphatic heterocycles. The van der Waals surface area contributed by atoms with Crippen LogP contribution in [-0.2, 0) is 23.7 Å². The maximum absolute atomic E-state index is 11.2. The molecule has 9 rings (SSSR count). The van der Waals surface area contributed by atoms with Crippen molar-refractivity contribution in [1.29, 1.82) is 0 Å². The second kappa shape index (κ2) is 39.7. The van der Waals surface area contributed by atoms with Crippen LogP contribution in [0.3, 0.4) is 0 Å². The van der Waals surface area contributed by atoms with E-state index in [-0.39, 0.29) is 96.8 Å². The second-order valence-electron chi connectivity index (χ2n) is 26.9. The van der Waals surface area contributed by atoms with Gasteiger partial charge in [0.2, 0.25) is 0 Å². The van der Waals surface area contributed by atoms with Crippen LogP contribution < -0.4 is 0 Å². The minimum absolute atomic E-state index is 0.0377. The monoisotopic (exact) mass is 1150 g/mol. The zero-order chi connectivity index (χ0) is 58.5. The minimum Gasteiger partial charge on any atom is -0.466 e. The van der Waals surface area contributed by atoms with Gasteiger partial charge in [0.25, 0.3) is 0 Å². The van der Waals surface area contributed by atoms with Crippen LogP contribution in [0.1, 0.15) is 265 Å². The maximum atomic E-state index is 11.2. The second-order valence-corrected chi connectivity index (χ2v) is 26.9. The molecule has 15 unspecified atom stereocenters. The molecule has 9 fully saturated rings. The highest BCUT2D eigenvalue weighted by atomic mass is 16.5. The summed E-state index contributed by atoms with van der Waals surface area (Å²) in [4.78, 5) is 11.2. The summed E-state index contributed by atoms with van der Waals surface area (Å²) in [6.45, 7) is 7.84. The van der Waals surface area contributed by atoms with Crippen molar-refractivity contribution in [2.24, 2.45) is 53.3 Å². The molecule has 9 N–H and O–H groups in total. The van der Waals surface area contributed by atoms with Crippen LogP contribution in [0.5, 0.6) is 0 Å². The van der Waals surface area contributed by atoms with Gasteiger partial charge in [-0.15, -0.1) is 0 Å². The van der Waals surface area contributed by atoms with Gasteiger partial charge in [-0.1, -0.05) is 96.8 Å². The van der Waals surface area contributed by atoms with Crippen molar-refractivity contribution in [1.82, 2.24) is 0 Å². The van der Waals surface area contributed by atoms with Gasteiger partial charge in [-0.25, -0.2) is 0 Å². The van der Waals surface area contributed by atoms with Crippen LogP contribution in [0, 0.1) is 53.3 Å². The van der Waals surface area contributed by atoms with Crippen molar-refractivity contribution >= 4 is 5.97 Å². The van der Waals surface area contributed by atoms with Gasteiger partial charge in [-0.3, -0.25) is 4.79 Å². The van der Waals surface area contributed by atoms with E-state index >= 15 is 0 Å². The molecule has 0 radical (unpaired) electrons. The number of ether oxygens (including phenoxy) is 4. The Morgan fingerprint density at radius 2 is 0.864 bits per heavy atom.